The summed E-state index contributed by atoms with van der Waals surface area (Å²) in [6, 6.07) is 16.5. The van der Waals surface area contributed by atoms with Crippen LogP contribution in [0.1, 0.15) is 42.7 Å². The summed E-state index contributed by atoms with van der Waals surface area (Å²) < 4.78 is 5.64. The molecule has 0 bridgehead atoms. The number of amides is 2. The zero-order valence-electron chi connectivity index (χ0n) is 19.2. The number of nitrogens with zero attached hydrogens (tertiary/aromatic N) is 1. The van der Waals surface area contributed by atoms with Crippen molar-refractivity contribution in [1.29, 1.82) is 0 Å². The van der Waals surface area contributed by atoms with Crippen molar-refractivity contribution < 1.29 is 24.2 Å². The summed E-state index contributed by atoms with van der Waals surface area (Å²) >= 11 is 0. The molecule has 0 atom stereocenters. The number of carbonyl (C=O) groups is 3. The number of alkyl carbamates (subject to hydrolysis) is 1. The smallest absolute Gasteiger partial charge is 0.407 e. The van der Waals surface area contributed by atoms with Crippen molar-refractivity contribution >= 4 is 18.0 Å². The van der Waals surface area contributed by atoms with Crippen LogP contribution in [0.5, 0.6) is 0 Å². The quantitative estimate of drug-likeness (QED) is 0.492. The average Bonchev–Trinajstić information content (AvgIpc) is 3.15. The Bertz CT molecular complexity index is 987. The van der Waals surface area contributed by atoms with Crippen LogP contribution in [-0.4, -0.2) is 66.8 Å². The van der Waals surface area contributed by atoms with Gasteiger partial charge >= 0.3 is 12.1 Å². The number of ether oxygens (including phenoxy) is 1. The van der Waals surface area contributed by atoms with Gasteiger partial charge in [0.2, 0.25) is 5.91 Å². The van der Waals surface area contributed by atoms with Gasteiger partial charge in [0.15, 0.2) is 0 Å². The molecule has 0 unspecified atom stereocenters. The maximum absolute atomic E-state index is 12.5. The van der Waals surface area contributed by atoms with Crippen LogP contribution in [0.4, 0.5) is 4.79 Å². The Hall–Kier alpha value is -3.39. The molecule has 0 aromatic heterocycles. The van der Waals surface area contributed by atoms with Crippen molar-refractivity contribution in [2.24, 2.45) is 0 Å². The number of nitrogens with one attached hydrogen (secondary N) is 2. The second kappa shape index (κ2) is 11.2. The molecule has 2 aromatic carbocycles. The average molecular weight is 466 g/mol. The van der Waals surface area contributed by atoms with Crippen LogP contribution in [0, 0.1) is 0 Å². The maximum Gasteiger partial charge on any atom is 0.407 e. The van der Waals surface area contributed by atoms with E-state index in [9.17, 15) is 14.4 Å². The van der Waals surface area contributed by atoms with Crippen molar-refractivity contribution in [3.05, 3.63) is 59.7 Å². The Morgan fingerprint density at radius 3 is 2.21 bits per heavy atom. The zero-order valence-corrected chi connectivity index (χ0v) is 19.2. The fourth-order valence-electron chi connectivity index (χ4n) is 4.77. The Kier molecular flexibility index (Phi) is 7.80. The molecule has 1 heterocycles. The van der Waals surface area contributed by atoms with Crippen LogP contribution in [0.25, 0.3) is 11.1 Å². The Morgan fingerprint density at radius 1 is 0.971 bits per heavy atom. The molecule has 1 fully saturated rings. The fraction of sp³-hybridized carbons (Fsp3) is 0.423. The predicted molar refractivity (Wildman–Crippen MR) is 128 cm³/mol. The molecule has 8 heteroatoms. The lowest BCUT2D eigenvalue weighted by atomic mass is 9.98. The number of benzene rings is 2. The molecule has 1 aliphatic carbocycles. The van der Waals surface area contributed by atoms with Gasteiger partial charge in [-0.15, -0.1) is 0 Å². The van der Waals surface area contributed by atoms with Gasteiger partial charge in [-0.3, -0.25) is 14.5 Å². The van der Waals surface area contributed by atoms with E-state index >= 15 is 0 Å². The topological polar surface area (TPSA) is 108 Å². The van der Waals surface area contributed by atoms with Gasteiger partial charge in [-0.1, -0.05) is 48.5 Å². The number of hydrogen-bond acceptors (Lipinski definition) is 5. The third kappa shape index (κ3) is 5.94. The van der Waals surface area contributed by atoms with E-state index in [1.165, 1.54) is 22.3 Å². The van der Waals surface area contributed by atoms with Crippen LogP contribution < -0.4 is 10.6 Å². The first-order chi connectivity index (χ1) is 16.5. The molecule has 1 aliphatic heterocycles. The van der Waals surface area contributed by atoms with Crippen molar-refractivity contribution in [3.8, 4) is 11.1 Å². The van der Waals surface area contributed by atoms with Crippen LogP contribution in [0.3, 0.4) is 0 Å². The Balaban J connectivity index is 1.18. The molecule has 34 heavy (non-hydrogen) atoms. The highest BCUT2D eigenvalue weighted by molar-refractivity contribution is 5.79. The van der Waals surface area contributed by atoms with E-state index < -0.39 is 12.1 Å². The first-order valence-electron chi connectivity index (χ1n) is 11.8. The molecule has 0 spiro atoms. The number of carboxylic acid groups (broad SMARTS) is 1. The van der Waals surface area contributed by atoms with Gasteiger partial charge in [-0.25, -0.2) is 4.79 Å². The number of aliphatic carboxylic acids is 1. The van der Waals surface area contributed by atoms with E-state index in [2.05, 4.69) is 34.9 Å². The summed E-state index contributed by atoms with van der Waals surface area (Å²) in [4.78, 5) is 37.1. The van der Waals surface area contributed by atoms with E-state index in [0.29, 0.717) is 32.7 Å². The SMILES string of the molecule is O=C(O)CCCNC(=O)CN1CCC(NC(=O)OCC2c3ccccc3-c3ccccc32)CC1. The Labute approximate surface area is 199 Å². The number of rotatable bonds is 9. The second-order valence-electron chi connectivity index (χ2n) is 8.87. The lowest BCUT2D eigenvalue weighted by Crippen LogP contribution is -2.47. The van der Waals surface area contributed by atoms with E-state index in [0.717, 1.165) is 12.8 Å². The highest BCUT2D eigenvalue weighted by Crippen LogP contribution is 2.44. The lowest BCUT2D eigenvalue weighted by molar-refractivity contribution is -0.137. The predicted octanol–water partition coefficient (Wildman–Crippen LogP) is 2.97. The number of carboxylic acids is 1. The van der Waals surface area contributed by atoms with Crippen molar-refractivity contribution in [1.82, 2.24) is 15.5 Å². The molecule has 2 amide bonds. The standard InChI is InChI=1S/C26H31N3O5/c30-24(27-13-5-10-25(31)32)16-29-14-11-18(12-15-29)28-26(33)34-17-23-21-8-3-1-6-19(21)20-7-2-4-9-22(20)23/h1-4,6-9,18,23H,5,10-17H2,(H,27,30)(H,28,33)(H,31,32). The summed E-state index contributed by atoms with van der Waals surface area (Å²) in [6.45, 7) is 2.35. The number of hydrogen-bond donors (Lipinski definition) is 3. The maximum atomic E-state index is 12.5. The summed E-state index contributed by atoms with van der Waals surface area (Å²) in [5, 5.41) is 14.4. The van der Waals surface area contributed by atoms with Gasteiger partial charge in [0.1, 0.15) is 6.61 Å². The van der Waals surface area contributed by atoms with Gasteiger partial charge in [0, 0.05) is 38.0 Å². The van der Waals surface area contributed by atoms with Gasteiger partial charge in [0.05, 0.1) is 6.54 Å². The fourth-order valence-corrected chi connectivity index (χ4v) is 4.77. The number of likely N-dealkylation sites (tertiary alicyclic amines) is 1. The van der Waals surface area contributed by atoms with Crippen LogP contribution in [-0.2, 0) is 14.3 Å². The minimum absolute atomic E-state index is 0.0190. The van der Waals surface area contributed by atoms with Crippen molar-refractivity contribution in [2.45, 2.75) is 37.6 Å². The van der Waals surface area contributed by atoms with Crippen LogP contribution in [0.15, 0.2) is 48.5 Å². The second-order valence-corrected chi connectivity index (χ2v) is 8.87. The zero-order chi connectivity index (χ0) is 23.9. The molecular weight excluding hydrogens is 434 g/mol. The summed E-state index contributed by atoms with van der Waals surface area (Å²) in [5.41, 5.74) is 4.77. The highest BCUT2D eigenvalue weighted by Gasteiger charge is 2.29. The molecule has 2 aliphatic rings. The van der Waals surface area contributed by atoms with Gasteiger partial charge in [-0.05, 0) is 41.5 Å². The van der Waals surface area contributed by atoms with E-state index in [-0.39, 0.29) is 30.8 Å². The molecule has 0 saturated carbocycles. The van der Waals surface area contributed by atoms with Gasteiger partial charge in [0.25, 0.3) is 0 Å². The summed E-state index contributed by atoms with van der Waals surface area (Å²) in [5.74, 6) is -0.928. The third-order valence-electron chi connectivity index (χ3n) is 6.51. The molecule has 4 rings (SSSR count). The molecular formula is C26H31N3O5. The molecule has 1 saturated heterocycles. The molecule has 3 N–H and O–H groups in total. The van der Waals surface area contributed by atoms with Crippen LogP contribution >= 0.6 is 0 Å². The van der Waals surface area contributed by atoms with Crippen molar-refractivity contribution in [3.63, 3.8) is 0 Å². The molecule has 0 radical (unpaired) electrons. The molecule has 180 valence electrons. The highest BCUT2D eigenvalue weighted by atomic mass is 16.5. The number of carbonyl (C=O) groups excluding carboxylic acids is 2. The molecule has 2 aromatic rings. The monoisotopic (exact) mass is 465 g/mol. The minimum Gasteiger partial charge on any atom is -0.481 e. The normalized spacial score (nSPS) is 15.9. The minimum atomic E-state index is -0.861. The third-order valence-corrected chi connectivity index (χ3v) is 6.51. The van der Waals surface area contributed by atoms with E-state index in [1.807, 2.05) is 29.2 Å². The van der Waals surface area contributed by atoms with Crippen molar-refractivity contribution in [2.75, 3.05) is 32.8 Å². The van der Waals surface area contributed by atoms with Gasteiger partial charge < -0.3 is 20.5 Å². The molecule has 8 nitrogen and oxygen atoms in total. The Morgan fingerprint density at radius 2 is 1.59 bits per heavy atom. The van der Waals surface area contributed by atoms with Crippen LogP contribution in [0.2, 0.25) is 0 Å². The lowest BCUT2D eigenvalue weighted by Gasteiger charge is -2.31. The number of fused-ring (bicyclic) bond motifs is 3. The largest absolute Gasteiger partial charge is 0.481 e. The first-order valence-corrected chi connectivity index (χ1v) is 11.8. The number of piperidine rings is 1. The van der Waals surface area contributed by atoms with E-state index in [4.69, 9.17) is 9.84 Å². The summed E-state index contributed by atoms with van der Waals surface area (Å²) in [6.07, 6.45) is 1.56. The van der Waals surface area contributed by atoms with E-state index in [1.54, 1.807) is 0 Å². The summed E-state index contributed by atoms with van der Waals surface area (Å²) in [7, 11) is 0. The van der Waals surface area contributed by atoms with Gasteiger partial charge in [-0.2, -0.15) is 0 Å². The first kappa shape index (κ1) is 23.8.